The lowest BCUT2D eigenvalue weighted by Gasteiger charge is -2.30. The van der Waals surface area contributed by atoms with E-state index in [0.29, 0.717) is 11.8 Å². The van der Waals surface area contributed by atoms with E-state index in [9.17, 15) is 82.7 Å². The fourth-order valence-electron chi connectivity index (χ4n) is 7.03. The zero-order chi connectivity index (χ0) is 57.3. The lowest BCUT2D eigenvalue weighted by molar-refractivity contribution is -0.384. The second kappa shape index (κ2) is 25.4. The summed E-state index contributed by atoms with van der Waals surface area (Å²) in [6.07, 6.45) is -7.42. The summed E-state index contributed by atoms with van der Waals surface area (Å²) in [7, 11) is -16.6. The number of imidazole rings is 1. The summed E-state index contributed by atoms with van der Waals surface area (Å²) < 4.78 is 68.3. The summed E-state index contributed by atoms with van der Waals surface area (Å²) >= 11 is 0.681. The number of ether oxygens (including phenoxy) is 2. The number of nitrogens with zero attached hydrogens (tertiary/aromatic N) is 5. The third kappa shape index (κ3) is 16.2. The first-order chi connectivity index (χ1) is 36.5. The van der Waals surface area contributed by atoms with Crippen LogP contribution in [0, 0.1) is 15.5 Å². The Balaban J connectivity index is 0.918. The van der Waals surface area contributed by atoms with Crippen molar-refractivity contribution in [2.45, 2.75) is 50.9 Å². The van der Waals surface area contributed by atoms with Crippen molar-refractivity contribution in [3.8, 4) is 11.5 Å². The summed E-state index contributed by atoms with van der Waals surface area (Å²) in [5, 5.41) is 49.5. The van der Waals surface area contributed by atoms with Gasteiger partial charge in [-0.1, -0.05) is 43.8 Å². The number of phosphoric acid groups is 3. The number of amides is 3. The average Bonchev–Trinajstić information content (AvgIpc) is 3.98. The number of rotatable bonds is 26. The molecule has 0 aliphatic carbocycles. The number of carbonyl (C=O) groups excluding carboxylic acids is 4. The molecule has 1 aliphatic heterocycles. The number of non-ortho nitro benzene ring substituents is 1. The predicted molar refractivity (Wildman–Crippen MR) is 267 cm³/mol. The summed E-state index contributed by atoms with van der Waals surface area (Å²) in [5.74, 6) is -3.89. The van der Waals surface area contributed by atoms with E-state index in [1.165, 1.54) is 56.3 Å². The zero-order valence-corrected chi connectivity index (χ0v) is 43.9. The van der Waals surface area contributed by atoms with Crippen molar-refractivity contribution >= 4 is 92.4 Å². The number of nitrogen functional groups attached to an aromatic ring is 1. The number of para-hydroxylation sites is 2. The van der Waals surface area contributed by atoms with Crippen LogP contribution in [-0.4, -0.2) is 145 Å². The highest BCUT2D eigenvalue weighted by Gasteiger charge is 2.50. The third-order valence-electron chi connectivity index (χ3n) is 10.9. The van der Waals surface area contributed by atoms with Gasteiger partial charge < -0.3 is 66.1 Å². The molecule has 6 rings (SSSR count). The molecule has 0 spiro atoms. The number of aromatic carboxylic acids is 1. The molecule has 0 radical (unpaired) electrons. The molecule has 3 amide bonds. The summed E-state index contributed by atoms with van der Waals surface area (Å²) in [6, 6.07) is 14.7. The molecule has 7 atom stereocenters. The Morgan fingerprint density at radius 3 is 2.36 bits per heavy atom. The first-order valence-corrected chi connectivity index (χ1v) is 27.8. The van der Waals surface area contributed by atoms with E-state index in [0.717, 1.165) is 29.4 Å². The maximum Gasteiger partial charge on any atom is 0.481 e. The Hall–Kier alpha value is -6.64. The molecule has 5 aromatic rings. The van der Waals surface area contributed by atoms with Crippen LogP contribution in [0.15, 0.2) is 79.4 Å². The molecule has 36 heteroatoms. The quantitative estimate of drug-likeness (QED) is 0.0164. The number of aromatic nitrogens is 4. The molecule has 1 aliphatic rings. The summed E-state index contributed by atoms with van der Waals surface area (Å²) in [5.41, 5.74) is 3.32. The number of phosphoric ester groups is 3. The van der Waals surface area contributed by atoms with Gasteiger partial charge in [-0.2, -0.15) is 4.31 Å². The molecule has 78 heavy (non-hydrogen) atoms. The number of nitro groups is 1. The summed E-state index contributed by atoms with van der Waals surface area (Å²) in [6.45, 7) is -0.186. The van der Waals surface area contributed by atoms with Crippen LogP contribution in [0.3, 0.4) is 0 Å². The smallest absolute Gasteiger partial charge is 0.478 e. The first-order valence-electron chi connectivity index (χ1n) is 22.3. The number of anilines is 2. The van der Waals surface area contributed by atoms with E-state index in [1.807, 2.05) is 0 Å². The molecule has 12 N–H and O–H groups in total. The molecule has 32 nitrogen and oxygen atoms in total. The zero-order valence-electron chi connectivity index (χ0n) is 40.4. The van der Waals surface area contributed by atoms with Crippen molar-refractivity contribution in [1.82, 2.24) is 30.2 Å². The number of thioether (sulfide) groups is 1. The van der Waals surface area contributed by atoms with E-state index >= 15 is 0 Å². The number of carboxylic acids is 1. The summed E-state index contributed by atoms with van der Waals surface area (Å²) in [4.78, 5) is 125. The highest BCUT2D eigenvalue weighted by Crippen LogP contribution is 2.61. The van der Waals surface area contributed by atoms with Crippen molar-refractivity contribution in [3.05, 3.63) is 106 Å². The van der Waals surface area contributed by atoms with E-state index in [-0.39, 0.29) is 76.2 Å². The van der Waals surface area contributed by atoms with Crippen LogP contribution in [-0.2, 0) is 45.9 Å². The van der Waals surface area contributed by atoms with Gasteiger partial charge in [-0.3, -0.25) is 47.4 Å². The van der Waals surface area contributed by atoms with Crippen LogP contribution in [0.1, 0.15) is 57.6 Å². The van der Waals surface area contributed by atoms with Crippen LogP contribution in [0.5, 0.6) is 11.5 Å². The van der Waals surface area contributed by atoms with E-state index in [4.69, 9.17) is 24.3 Å². The second-order valence-electron chi connectivity index (χ2n) is 17.1. The number of hydrogen-bond donors (Lipinski definition) is 11. The maximum atomic E-state index is 13.1. The van der Waals surface area contributed by atoms with E-state index < -0.39 is 112 Å². The van der Waals surface area contributed by atoms with Gasteiger partial charge in [-0.25, -0.2) is 33.4 Å². The Morgan fingerprint density at radius 2 is 1.65 bits per heavy atom. The van der Waals surface area contributed by atoms with Gasteiger partial charge in [-0.05, 0) is 36.4 Å². The minimum absolute atomic E-state index is 0.000192. The van der Waals surface area contributed by atoms with Gasteiger partial charge in [0.15, 0.2) is 23.4 Å². The molecule has 3 heterocycles. The van der Waals surface area contributed by atoms with Gasteiger partial charge >= 0.3 is 29.4 Å². The average molecular weight is 1170 g/mol. The lowest BCUT2D eigenvalue weighted by atomic mass is 9.87. The van der Waals surface area contributed by atoms with Crippen molar-refractivity contribution in [2.75, 3.05) is 43.1 Å². The number of carbonyl (C=O) groups is 5. The molecular weight excluding hydrogens is 1120 g/mol. The maximum absolute atomic E-state index is 13.1. The number of fused-ring (bicyclic) bond motifs is 1. The predicted octanol–water partition coefficient (Wildman–Crippen LogP) is 2.63. The standard InChI is InChI=1S/C42H48N9O23P3S/c1-42(2,19-70-77(67,68)74-76(65,66)69-18-29-33(73-75(62,63)64)32(53)39(72-29)50-21-48-31-35(43)46-20-47-36(31)50)34(54)38(56)45-13-12-30(52)44-14-15-78-41(59)25-11-10-24(17-26(25)40(57)58)71-28-9-4-3-8-27(28)49-37(55)22-6-5-7-23(16-22)51(60)61/h3-11,16-17,20-21,29,32-34,39,53-54H,12-15,18-19H2,1-2H3,(H,44,52)(H,45,56)(H,49,55)(H,57,58)(H,65,66)(H,67,68)(H2,43,46,47)(H2,62,63,64). The highest BCUT2D eigenvalue weighted by atomic mass is 32.2. The molecule has 3 aromatic carbocycles. The normalized spacial score (nSPS) is 18.5. The number of nitrogens with two attached hydrogens (primary N) is 1. The third-order valence-corrected chi connectivity index (χ3v) is 14.8. The van der Waals surface area contributed by atoms with Gasteiger partial charge in [0, 0.05) is 53.9 Å². The first kappa shape index (κ1) is 60.6. The largest absolute Gasteiger partial charge is 0.481 e. The number of benzene rings is 3. The van der Waals surface area contributed by atoms with Gasteiger partial charge in [0.2, 0.25) is 16.9 Å². The molecule has 0 bridgehead atoms. The molecular formula is C42H48N9O23P3S. The van der Waals surface area contributed by atoms with Gasteiger partial charge in [0.25, 0.3) is 11.6 Å². The van der Waals surface area contributed by atoms with Crippen molar-refractivity contribution in [1.29, 1.82) is 0 Å². The van der Waals surface area contributed by atoms with E-state index in [2.05, 4.69) is 39.7 Å². The number of nitro benzene ring substituents is 1. The molecule has 420 valence electrons. The number of aliphatic hydroxyl groups is 2. The fraction of sp³-hybridized carbons (Fsp3) is 0.333. The van der Waals surface area contributed by atoms with E-state index in [1.54, 1.807) is 12.1 Å². The molecule has 0 saturated carbocycles. The Kier molecular flexibility index (Phi) is 19.8. The topological polar surface area (TPSA) is 482 Å². The Bertz CT molecular complexity index is 3240. The van der Waals surface area contributed by atoms with Crippen molar-refractivity contribution < 1.29 is 105 Å². The Labute approximate surface area is 443 Å². The van der Waals surface area contributed by atoms with Crippen LogP contribution in [0.2, 0.25) is 0 Å². The van der Waals surface area contributed by atoms with Crippen molar-refractivity contribution in [2.24, 2.45) is 5.41 Å². The molecule has 1 saturated heterocycles. The highest BCUT2D eigenvalue weighted by molar-refractivity contribution is 8.14. The minimum atomic E-state index is -5.65. The second-order valence-corrected chi connectivity index (χ2v) is 22.4. The van der Waals surface area contributed by atoms with Crippen molar-refractivity contribution in [3.63, 3.8) is 0 Å². The fourth-order valence-corrected chi connectivity index (χ4v) is 10.6. The number of hydrogen-bond acceptors (Lipinski definition) is 23. The molecule has 2 aromatic heterocycles. The Morgan fingerprint density at radius 1 is 0.936 bits per heavy atom. The number of aliphatic hydroxyl groups excluding tert-OH is 2. The molecule has 1 fully saturated rings. The van der Waals surface area contributed by atoms with Crippen LogP contribution in [0.25, 0.3) is 11.2 Å². The van der Waals surface area contributed by atoms with Crippen LogP contribution < -0.4 is 26.4 Å². The van der Waals surface area contributed by atoms with Gasteiger partial charge in [-0.15, -0.1) is 0 Å². The SMILES string of the molecule is CC(C)(COP(=O)(O)OP(=O)(O)OCC1OC(n2cnc3c(N)ncnc32)C(O)C1OP(=O)(O)O)C(O)C(=O)NCCC(=O)NCCSC(=O)c1ccc(Oc2ccccc2NC(=O)c2cccc([N+](=O)[O-])c2)cc1C(=O)O. The van der Waals surface area contributed by atoms with Gasteiger partial charge in [0.1, 0.15) is 42.0 Å². The molecule has 7 unspecified atom stereocenters. The minimum Gasteiger partial charge on any atom is -0.478 e. The van der Waals surface area contributed by atoms with Crippen LogP contribution in [0.4, 0.5) is 17.2 Å². The monoisotopic (exact) mass is 1170 g/mol. The van der Waals surface area contributed by atoms with Crippen LogP contribution >= 0.6 is 35.2 Å². The lowest BCUT2D eigenvalue weighted by Crippen LogP contribution is -2.46. The number of nitrogens with one attached hydrogen (secondary N) is 3. The number of carboxylic acid groups (broad SMARTS) is 1. The van der Waals surface area contributed by atoms with Gasteiger partial charge in [0.05, 0.1) is 35.7 Å².